The number of carboxylic acid groups (broad SMARTS) is 1. The van der Waals surface area contributed by atoms with Crippen molar-refractivity contribution in [1.82, 2.24) is 0 Å². The molecule has 0 aliphatic carbocycles. The topological polar surface area (TPSA) is 46.5 Å². The summed E-state index contributed by atoms with van der Waals surface area (Å²) in [5, 5.41) is 9.53. The van der Waals surface area contributed by atoms with Crippen LogP contribution in [-0.4, -0.2) is 24.8 Å². The molecule has 3 nitrogen and oxygen atoms in total. The molecule has 0 amide bonds. The number of hydrogen-bond donors (Lipinski definition) is 1. The van der Waals surface area contributed by atoms with E-state index >= 15 is 0 Å². The molecule has 0 radical (unpaired) electrons. The van der Waals surface area contributed by atoms with Gasteiger partial charge >= 0.3 is 5.97 Å². The summed E-state index contributed by atoms with van der Waals surface area (Å²) in [6.45, 7) is 6.59. The van der Waals surface area contributed by atoms with Crippen LogP contribution in [0.4, 0.5) is 0 Å². The zero-order valence-electron chi connectivity index (χ0n) is 11.5. The Kier molecular flexibility index (Phi) is 4.91. The molecule has 18 heavy (non-hydrogen) atoms. The number of benzene rings is 1. The van der Waals surface area contributed by atoms with Crippen molar-refractivity contribution in [2.45, 2.75) is 26.7 Å². The van der Waals surface area contributed by atoms with Crippen LogP contribution in [0.3, 0.4) is 0 Å². The minimum absolute atomic E-state index is 0.0672. The standard InChI is InChI=1S/C15H22O3/c1-15(2,3)12(10-18-4)13(14(16)17)11-8-6-5-7-9-11/h5-9,12-13H,10H2,1-4H3,(H,16,17)/t12-,13-/m1/s1. The molecule has 1 rings (SSSR count). The molecule has 0 saturated carbocycles. The van der Waals surface area contributed by atoms with E-state index in [9.17, 15) is 9.90 Å². The Morgan fingerprint density at radius 2 is 1.83 bits per heavy atom. The normalized spacial score (nSPS) is 15.1. The van der Waals surface area contributed by atoms with Crippen LogP contribution < -0.4 is 0 Å². The molecule has 2 atom stereocenters. The Morgan fingerprint density at radius 1 is 1.28 bits per heavy atom. The number of aliphatic carboxylic acids is 1. The summed E-state index contributed by atoms with van der Waals surface area (Å²) in [5.74, 6) is -1.40. The van der Waals surface area contributed by atoms with Gasteiger partial charge in [-0.2, -0.15) is 0 Å². The highest BCUT2D eigenvalue weighted by molar-refractivity contribution is 5.76. The van der Waals surface area contributed by atoms with E-state index in [1.54, 1.807) is 7.11 Å². The molecule has 0 bridgehead atoms. The van der Waals surface area contributed by atoms with E-state index in [4.69, 9.17) is 4.74 Å². The van der Waals surface area contributed by atoms with Crippen LogP contribution in [0.5, 0.6) is 0 Å². The van der Waals surface area contributed by atoms with E-state index in [1.165, 1.54) is 0 Å². The Morgan fingerprint density at radius 3 is 2.22 bits per heavy atom. The van der Waals surface area contributed by atoms with Gasteiger partial charge in [-0.25, -0.2) is 0 Å². The lowest BCUT2D eigenvalue weighted by Gasteiger charge is -2.34. The fraction of sp³-hybridized carbons (Fsp3) is 0.533. The highest BCUT2D eigenvalue weighted by atomic mass is 16.5. The van der Waals surface area contributed by atoms with Crippen LogP contribution in [0.25, 0.3) is 0 Å². The Balaban J connectivity index is 3.14. The third kappa shape index (κ3) is 3.57. The van der Waals surface area contributed by atoms with E-state index in [0.717, 1.165) is 5.56 Å². The lowest BCUT2D eigenvalue weighted by atomic mass is 9.71. The van der Waals surface area contributed by atoms with Crippen molar-refractivity contribution in [3.63, 3.8) is 0 Å². The summed E-state index contributed by atoms with van der Waals surface area (Å²) in [6, 6.07) is 9.38. The monoisotopic (exact) mass is 250 g/mol. The Bertz CT molecular complexity index is 378. The van der Waals surface area contributed by atoms with E-state index < -0.39 is 11.9 Å². The van der Waals surface area contributed by atoms with Gasteiger partial charge in [0.05, 0.1) is 12.5 Å². The van der Waals surface area contributed by atoms with Crippen molar-refractivity contribution in [2.75, 3.05) is 13.7 Å². The van der Waals surface area contributed by atoms with Gasteiger partial charge in [-0.1, -0.05) is 51.1 Å². The Hall–Kier alpha value is -1.35. The number of methoxy groups -OCH3 is 1. The van der Waals surface area contributed by atoms with Crippen molar-refractivity contribution in [3.8, 4) is 0 Å². The highest BCUT2D eigenvalue weighted by Gasteiger charge is 2.37. The SMILES string of the molecule is COC[C@H]([C@H](C(=O)O)c1ccccc1)C(C)(C)C. The molecular formula is C15H22O3. The van der Waals surface area contributed by atoms with E-state index in [2.05, 4.69) is 20.8 Å². The van der Waals surface area contributed by atoms with Gasteiger partial charge in [-0.15, -0.1) is 0 Å². The molecule has 1 aromatic rings. The first-order valence-corrected chi connectivity index (χ1v) is 6.14. The zero-order chi connectivity index (χ0) is 13.8. The second kappa shape index (κ2) is 6.01. The smallest absolute Gasteiger partial charge is 0.311 e. The van der Waals surface area contributed by atoms with Crippen molar-refractivity contribution < 1.29 is 14.6 Å². The number of rotatable bonds is 5. The molecule has 0 aliphatic rings. The predicted octanol–water partition coefficient (Wildman–Crippen LogP) is 3.16. The zero-order valence-corrected chi connectivity index (χ0v) is 11.5. The molecule has 0 heterocycles. The maximum Gasteiger partial charge on any atom is 0.311 e. The van der Waals surface area contributed by atoms with Gasteiger partial charge in [0.2, 0.25) is 0 Å². The molecule has 0 aliphatic heterocycles. The van der Waals surface area contributed by atoms with Crippen molar-refractivity contribution >= 4 is 5.97 Å². The number of hydrogen-bond acceptors (Lipinski definition) is 2. The van der Waals surface area contributed by atoms with Crippen molar-refractivity contribution in [3.05, 3.63) is 35.9 Å². The van der Waals surface area contributed by atoms with E-state index in [-0.39, 0.29) is 11.3 Å². The lowest BCUT2D eigenvalue weighted by Crippen LogP contribution is -2.34. The van der Waals surface area contributed by atoms with Gasteiger partial charge in [0, 0.05) is 13.0 Å². The van der Waals surface area contributed by atoms with Gasteiger partial charge < -0.3 is 9.84 Å². The molecule has 0 saturated heterocycles. The number of ether oxygens (including phenoxy) is 1. The summed E-state index contributed by atoms with van der Waals surface area (Å²) >= 11 is 0. The van der Waals surface area contributed by atoms with E-state index in [0.29, 0.717) is 6.61 Å². The summed E-state index contributed by atoms with van der Waals surface area (Å²) in [4.78, 5) is 11.6. The molecular weight excluding hydrogens is 228 g/mol. The van der Waals surface area contributed by atoms with Gasteiger partial charge in [0.15, 0.2) is 0 Å². The molecule has 3 heteroatoms. The molecule has 0 fully saturated rings. The fourth-order valence-corrected chi connectivity index (χ4v) is 2.23. The van der Waals surface area contributed by atoms with Crippen LogP contribution in [0, 0.1) is 11.3 Å². The number of carbonyl (C=O) groups is 1. The van der Waals surface area contributed by atoms with Gasteiger partial charge in [-0.3, -0.25) is 4.79 Å². The van der Waals surface area contributed by atoms with Crippen LogP contribution in [0.15, 0.2) is 30.3 Å². The second-order valence-corrected chi connectivity index (χ2v) is 5.65. The Labute approximate surface area is 109 Å². The van der Waals surface area contributed by atoms with Gasteiger partial charge in [-0.05, 0) is 11.0 Å². The largest absolute Gasteiger partial charge is 0.481 e. The molecule has 0 spiro atoms. The molecule has 1 N–H and O–H groups in total. The average Bonchev–Trinajstić information content (AvgIpc) is 2.28. The molecule has 0 unspecified atom stereocenters. The summed E-state index contributed by atoms with van der Waals surface area (Å²) in [6.07, 6.45) is 0. The number of carboxylic acids is 1. The predicted molar refractivity (Wildman–Crippen MR) is 71.6 cm³/mol. The van der Waals surface area contributed by atoms with Gasteiger partial charge in [0.1, 0.15) is 0 Å². The first-order chi connectivity index (χ1) is 8.38. The van der Waals surface area contributed by atoms with Crippen molar-refractivity contribution in [1.29, 1.82) is 0 Å². The summed E-state index contributed by atoms with van der Waals surface area (Å²) in [5.41, 5.74) is 0.705. The second-order valence-electron chi connectivity index (χ2n) is 5.65. The summed E-state index contributed by atoms with van der Waals surface area (Å²) < 4.78 is 5.22. The van der Waals surface area contributed by atoms with Crippen LogP contribution in [0.2, 0.25) is 0 Å². The third-order valence-corrected chi connectivity index (χ3v) is 3.29. The maximum absolute atomic E-state index is 11.6. The first kappa shape index (κ1) is 14.7. The highest BCUT2D eigenvalue weighted by Crippen LogP contribution is 2.38. The van der Waals surface area contributed by atoms with E-state index in [1.807, 2.05) is 30.3 Å². The van der Waals surface area contributed by atoms with Crippen LogP contribution in [0.1, 0.15) is 32.3 Å². The lowest BCUT2D eigenvalue weighted by molar-refractivity contribution is -0.142. The average molecular weight is 250 g/mol. The fourth-order valence-electron chi connectivity index (χ4n) is 2.23. The summed E-state index contributed by atoms with van der Waals surface area (Å²) in [7, 11) is 1.61. The third-order valence-electron chi connectivity index (χ3n) is 3.29. The minimum Gasteiger partial charge on any atom is -0.481 e. The van der Waals surface area contributed by atoms with Crippen molar-refractivity contribution in [2.24, 2.45) is 11.3 Å². The molecule has 1 aromatic carbocycles. The minimum atomic E-state index is -0.793. The van der Waals surface area contributed by atoms with Crippen LogP contribution in [-0.2, 0) is 9.53 Å². The first-order valence-electron chi connectivity index (χ1n) is 6.14. The molecule has 100 valence electrons. The maximum atomic E-state index is 11.6. The molecule has 0 aromatic heterocycles. The quantitative estimate of drug-likeness (QED) is 0.873. The van der Waals surface area contributed by atoms with Gasteiger partial charge in [0.25, 0.3) is 0 Å². The van der Waals surface area contributed by atoms with Crippen LogP contribution >= 0.6 is 0 Å².